The molecule has 20 heavy (non-hydrogen) atoms. The van der Waals surface area contributed by atoms with Gasteiger partial charge in [-0.1, -0.05) is 24.6 Å². The van der Waals surface area contributed by atoms with Crippen LogP contribution < -0.4 is 10.1 Å². The second kappa shape index (κ2) is 6.68. The van der Waals surface area contributed by atoms with E-state index in [4.69, 9.17) is 16.3 Å². The number of hydrogen-bond acceptors (Lipinski definition) is 2. The second-order valence-corrected chi connectivity index (χ2v) is 4.63. The van der Waals surface area contributed by atoms with Crippen molar-refractivity contribution in [2.75, 3.05) is 6.54 Å². The Bertz CT molecular complexity index is 604. The summed E-state index contributed by atoms with van der Waals surface area (Å²) >= 11 is 5.83. The van der Waals surface area contributed by atoms with Crippen molar-refractivity contribution in [2.24, 2.45) is 0 Å². The first kappa shape index (κ1) is 14.8. The van der Waals surface area contributed by atoms with Crippen LogP contribution in [0.2, 0.25) is 5.02 Å². The smallest absolute Gasteiger partial charge is 0.166 e. The molecule has 0 fully saturated rings. The summed E-state index contributed by atoms with van der Waals surface area (Å²) in [5, 5.41) is 3.20. The average molecular weight is 298 g/mol. The van der Waals surface area contributed by atoms with Crippen LogP contribution in [0.25, 0.3) is 0 Å². The van der Waals surface area contributed by atoms with Crippen molar-refractivity contribution in [1.29, 1.82) is 0 Å². The van der Waals surface area contributed by atoms with E-state index < -0.39 is 11.6 Å². The van der Waals surface area contributed by atoms with Crippen LogP contribution in [0.5, 0.6) is 11.5 Å². The van der Waals surface area contributed by atoms with E-state index in [1.54, 1.807) is 6.07 Å². The molecule has 0 aliphatic heterocycles. The molecule has 0 aromatic heterocycles. The molecule has 0 bridgehead atoms. The molecule has 0 unspecified atom stereocenters. The summed E-state index contributed by atoms with van der Waals surface area (Å²) in [6.07, 6.45) is 0. The summed E-state index contributed by atoms with van der Waals surface area (Å²) in [5.41, 5.74) is 0.821. The van der Waals surface area contributed by atoms with Crippen LogP contribution in [-0.4, -0.2) is 6.54 Å². The van der Waals surface area contributed by atoms with E-state index in [2.05, 4.69) is 5.32 Å². The summed E-state index contributed by atoms with van der Waals surface area (Å²) in [7, 11) is 0. The van der Waals surface area contributed by atoms with Gasteiger partial charge >= 0.3 is 0 Å². The third kappa shape index (κ3) is 3.68. The van der Waals surface area contributed by atoms with Crippen molar-refractivity contribution in [3.63, 3.8) is 0 Å². The third-order valence-corrected chi connectivity index (χ3v) is 2.98. The van der Waals surface area contributed by atoms with Crippen molar-refractivity contribution in [1.82, 2.24) is 5.32 Å². The fourth-order valence-corrected chi connectivity index (χ4v) is 1.89. The number of hydrogen-bond donors (Lipinski definition) is 1. The molecule has 2 nitrogen and oxygen atoms in total. The molecule has 106 valence electrons. The van der Waals surface area contributed by atoms with Gasteiger partial charge in [-0.2, -0.15) is 0 Å². The van der Waals surface area contributed by atoms with Crippen molar-refractivity contribution in [3.05, 3.63) is 58.6 Å². The van der Waals surface area contributed by atoms with Crippen molar-refractivity contribution in [2.45, 2.75) is 13.5 Å². The van der Waals surface area contributed by atoms with Crippen LogP contribution in [-0.2, 0) is 6.54 Å². The van der Waals surface area contributed by atoms with Crippen molar-refractivity contribution in [3.8, 4) is 11.5 Å². The molecule has 2 aromatic rings. The van der Waals surface area contributed by atoms with E-state index in [0.29, 0.717) is 6.54 Å². The predicted molar refractivity (Wildman–Crippen MR) is 75.3 cm³/mol. The monoisotopic (exact) mass is 297 g/mol. The van der Waals surface area contributed by atoms with Gasteiger partial charge < -0.3 is 10.1 Å². The van der Waals surface area contributed by atoms with Gasteiger partial charge in [0, 0.05) is 6.54 Å². The third-order valence-electron chi connectivity index (χ3n) is 2.69. The number of nitrogens with one attached hydrogen (secondary N) is 1. The molecule has 0 aliphatic carbocycles. The summed E-state index contributed by atoms with van der Waals surface area (Å²) in [6, 6.07) is 8.38. The van der Waals surface area contributed by atoms with E-state index in [-0.39, 0.29) is 16.5 Å². The maximum Gasteiger partial charge on any atom is 0.166 e. The van der Waals surface area contributed by atoms with E-state index in [0.717, 1.165) is 18.2 Å². The van der Waals surface area contributed by atoms with Crippen LogP contribution in [0.4, 0.5) is 8.78 Å². The quantitative estimate of drug-likeness (QED) is 0.876. The number of halogens is 3. The lowest BCUT2D eigenvalue weighted by Gasteiger charge is -2.10. The second-order valence-electron chi connectivity index (χ2n) is 4.22. The van der Waals surface area contributed by atoms with Gasteiger partial charge in [0.1, 0.15) is 11.6 Å². The zero-order valence-electron chi connectivity index (χ0n) is 10.9. The van der Waals surface area contributed by atoms with Crippen molar-refractivity contribution < 1.29 is 13.5 Å². The van der Waals surface area contributed by atoms with E-state index >= 15 is 0 Å². The van der Waals surface area contributed by atoms with Gasteiger partial charge in [0.2, 0.25) is 0 Å². The molecule has 0 aliphatic rings. The highest BCUT2D eigenvalue weighted by Crippen LogP contribution is 2.31. The van der Waals surface area contributed by atoms with Crippen molar-refractivity contribution >= 4 is 11.6 Å². The summed E-state index contributed by atoms with van der Waals surface area (Å²) in [6.45, 7) is 3.38. The standard InChI is InChI=1S/C15H14ClF2NO/c1-2-19-9-10-3-5-15(13(18)7-10)20-14-6-4-11(17)8-12(14)16/h3-8,19H,2,9H2,1H3. The SMILES string of the molecule is CCNCc1ccc(Oc2ccc(F)cc2Cl)c(F)c1. The topological polar surface area (TPSA) is 21.3 Å². The van der Waals surface area contributed by atoms with Gasteiger partial charge in [0.05, 0.1) is 5.02 Å². The van der Waals surface area contributed by atoms with Gasteiger partial charge in [-0.15, -0.1) is 0 Å². The fraction of sp³-hybridized carbons (Fsp3) is 0.200. The Morgan fingerprint density at radius 1 is 1.10 bits per heavy atom. The van der Waals surface area contributed by atoms with Gasteiger partial charge in [0.25, 0.3) is 0 Å². The number of ether oxygens (including phenoxy) is 1. The molecule has 0 heterocycles. The first-order valence-corrected chi connectivity index (χ1v) is 6.60. The molecule has 0 saturated heterocycles. The minimum atomic E-state index is -0.485. The lowest BCUT2D eigenvalue weighted by molar-refractivity contribution is 0.440. The van der Waals surface area contributed by atoms with Crippen LogP contribution in [0.1, 0.15) is 12.5 Å². The molecular weight excluding hydrogens is 284 g/mol. The molecule has 2 aromatic carbocycles. The van der Waals surface area contributed by atoms with Gasteiger partial charge in [-0.25, -0.2) is 8.78 Å². The Balaban J connectivity index is 2.17. The lowest BCUT2D eigenvalue weighted by Crippen LogP contribution is -2.11. The Labute approximate surface area is 121 Å². The number of benzene rings is 2. The zero-order chi connectivity index (χ0) is 14.5. The van der Waals surface area contributed by atoms with E-state index in [9.17, 15) is 8.78 Å². The highest BCUT2D eigenvalue weighted by atomic mass is 35.5. The molecule has 0 amide bonds. The Morgan fingerprint density at radius 2 is 1.85 bits per heavy atom. The Hall–Kier alpha value is -1.65. The largest absolute Gasteiger partial charge is 0.453 e. The molecule has 5 heteroatoms. The molecule has 1 N–H and O–H groups in total. The summed E-state index contributed by atoms with van der Waals surface area (Å²) < 4.78 is 32.2. The fourth-order valence-electron chi connectivity index (χ4n) is 1.68. The van der Waals surface area contributed by atoms with Crippen LogP contribution in [0, 0.1) is 11.6 Å². The first-order valence-electron chi connectivity index (χ1n) is 6.22. The Kier molecular flexibility index (Phi) is 4.93. The minimum Gasteiger partial charge on any atom is -0.453 e. The van der Waals surface area contributed by atoms with Crippen LogP contribution >= 0.6 is 11.6 Å². The molecule has 2 rings (SSSR count). The highest BCUT2D eigenvalue weighted by molar-refractivity contribution is 6.32. The van der Waals surface area contributed by atoms with E-state index in [1.807, 2.05) is 6.92 Å². The highest BCUT2D eigenvalue weighted by Gasteiger charge is 2.09. The van der Waals surface area contributed by atoms with Crippen LogP contribution in [0.15, 0.2) is 36.4 Å². The molecule has 0 saturated carbocycles. The number of rotatable bonds is 5. The minimum absolute atomic E-state index is 0.0544. The average Bonchev–Trinajstić information content (AvgIpc) is 2.42. The molecule has 0 spiro atoms. The van der Waals surface area contributed by atoms with Crippen LogP contribution in [0.3, 0.4) is 0 Å². The molecule has 0 radical (unpaired) electrons. The lowest BCUT2D eigenvalue weighted by atomic mass is 10.2. The maximum absolute atomic E-state index is 13.9. The maximum atomic E-state index is 13.9. The Morgan fingerprint density at radius 3 is 2.50 bits per heavy atom. The first-order chi connectivity index (χ1) is 9.60. The van der Waals surface area contributed by atoms with E-state index in [1.165, 1.54) is 24.3 Å². The summed E-state index contributed by atoms with van der Waals surface area (Å²) in [5.74, 6) is -0.685. The zero-order valence-corrected chi connectivity index (χ0v) is 11.7. The summed E-state index contributed by atoms with van der Waals surface area (Å²) in [4.78, 5) is 0. The van der Waals surface area contributed by atoms with Gasteiger partial charge in [0.15, 0.2) is 11.6 Å². The van der Waals surface area contributed by atoms with Gasteiger partial charge in [-0.05, 0) is 42.4 Å². The molecule has 0 atom stereocenters. The van der Waals surface area contributed by atoms with Gasteiger partial charge in [-0.3, -0.25) is 0 Å². The molecular formula is C15H14ClF2NO. The predicted octanol–water partition coefficient (Wildman–Crippen LogP) is 4.52. The normalized spacial score (nSPS) is 10.6.